The Hall–Kier alpha value is -3.52. The highest BCUT2D eigenvalue weighted by Gasteiger charge is 2.61. The lowest BCUT2D eigenvalue weighted by molar-refractivity contribution is -0.217. The number of alkyl halides is 3. The molecule has 0 aliphatic carbocycles. The molecule has 7 nitrogen and oxygen atoms in total. The summed E-state index contributed by atoms with van der Waals surface area (Å²) in [5.41, 5.74) is 4.45. The molecule has 166 valence electrons. The van der Waals surface area contributed by atoms with Crippen molar-refractivity contribution in [2.24, 2.45) is 16.6 Å². The minimum absolute atomic E-state index is 0.00665. The maximum Gasteiger partial charge on any atom is 0.414 e. The molecule has 1 saturated heterocycles. The summed E-state index contributed by atoms with van der Waals surface area (Å²) in [5.74, 6) is -2.46. The SMILES string of the molecule is N#Cc1ccc(C(=O)Nc2ccc(F)c([C@]34CO[C@H](C(F)(F)F)[C@H]3CCC(N)=N4)c2)nc1. The minimum Gasteiger partial charge on any atom is -0.387 e. The Morgan fingerprint density at radius 3 is 2.75 bits per heavy atom. The highest BCUT2D eigenvalue weighted by Crippen LogP contribution is 2.52. The molecule has 3 heterocycles. The fraction of sp³-hybridized carbons (Fsp3) is 0.333. The molecule has 11 heteroatoms. The number of pyridine rings is 1. The average molecular weight is 447 g/mol. The third-order valence-electron chi connectivity index (χ3n) is 5.65. The normalized spacial score (nSPS) is 24.9. The average Bonchev–Trinajstić information content (AvgIpc) is 3.15. The lowest BCUT2D eigenvalue weighted by Crippen LogP contribution is -2.45. The van der Waals surface area contributed by atoms with Gasteiger partial charge in [-0.1, -0.05) is 0 Å². The Bertz CT molecular complexity index is 1130. The number of fused-ring (bicyclic) bond motifs is 1. The Kier molecular flexibility index (Phi) is 5.34. The number of carbonyl (C=O) groups excluding carboxylic acids is 1. The van der Waals surface area contributed by atoms with Crippen LogP contribution in [-0.2, 0) is 10.3 Å². The lowest BCUT2D eigenvalue weighted by atomic mass is 9.73. The second kappa shape index (κ2) is 7.87. The van der Waals surface area contributed by atoms with E-state index in [1.807, 2.05) is 6.07 Å². The smallest absolute Gasteiger partial charge is 0.387 e. The summed E-state index contributed by atoms with van der Waals surface area (Å²) in [4.78, 5) is 20.6. The van der Waals surface area contributed by atoms with Gasteiger partial charge in [0, 0.05) is 29.8 Å². The molecule has 0 unspecified atom stereocenters. The lowest BCUT2D eigenvalue weighted by Gasteiger charge is -2.36. The van der Waals surface area contributed by atoms with Crippen molar-refractivity contribution in [1.82, 2.24) is 4.98 Å². The summed E-state index contributed by atoms with van der Waals surface area (Å²) >= 11 is 0. The summed E-state index contributed by atoms with van der Waals surface area (Å²) in [6.07, 6.45) is -5.34. The van der Waals surface area contributed by atoms with Gasteiger partial charge in [-0.15, -0.1) is 0 Å². The van der Waals surface area contributed by atoms with Gasteiger partial charge < -0.3 is 15.8 Å². The fourth-order valence-corrected chi connectivity index (χ4v) is 4.20. The van der Waals surface area contributed by atoms with Gasteiger partial charge in [-0.3, -0.25) is 9.79 Å². The molecule has 4 rings (SSSR count). The Morgan fingerprint density at radius 2 is 2.09 bits per heavy atom. The van der Waals surface area contributed by atoms with Gasteiger partial charge >= 0.3 is 6.18 Å². The van der Waals surface area contributed by atoms with E-state index in [2.05, 4.69) is 15.3 Å². The molecule has 0 bridgehead atoms. The van der Waals surface area contributed by atoms with Crippen molar-refractivity contribution >= 4 is 17.4 Å². The van der Waals surface area contributed by atoms with Crippen LogP contribution >= 0.6 is 0 Å². The number of rotatable bonds is 3. The first kappa shape index (κ1) is 21.7. The van der Waals surface area contributed by atoms with Crippen LogP contribution in [0.3, 0.4) is 0 Å². The van der Waals surface area contributed by atoms with Crippen molar-refractivity contribution in [2.45, 2.75) is 30.7 Å². The van der Waals surface area contributed by atoms with Crippen molar-refractivity contribution in [3.05, 3.63) is 59.2 Å². The van der Waals surface area contributed by atoms with Gasteiger partial charge in [0.15, 0.2) is 6.10 Å². The van der Waals surface area contributed by atoms with E-state index in [4.69, 9.17) is 15.7 Å². The van der Waals surface area contributed by atoms with E-state index in [9.17, 15) is 22.4 Å². The van der Waals surface area contributed by atoms with Gasteiger partial charge in [-0.2, -0.15) is 18.4 Å². The number of nitriles is 1. The van der Waals surface area contributed by atoms with Crippen LogP contribution in [-0.4, -0.2) is 35.6 Å². The zero-order valence-corrected chi connectivity index (χ0v) is 16.5. The summed E-state index contributed by atoms with van der Waals surface area (Å²) in [7, 11) is 0. The minimum atomic E-state index is -4.64. The molecule has 3 N–H and O–H groups in total. The Labute approximate surface area is 179 Å². The number of ether oxygens (including phenoxy) is 1. The van der Waals surface area contributed by atoms with Gasteiger partial charge in [-0.05, 0) is 36.8 Å². The van der Waals surface area contributed by atoms with E-state index in [1.165, 1.54) is 30.5 Å². The molecular weight excluding hydrogens is 430 g/mol. The van der Waals surface area contributed by atoms with Crippen LogP contribution in [0.1, 0.15) is 34.5 Å². The van der Waals surface area contributed by atoms with Crippen LogP contribution in [0.25, 0.3) is 0 Å². The number of amidine groups is 1. The zero-order valence-electron chi connectivity index (χ0n) is 16.5. The first-order chi connectivity index (χ1) is 15.1. The van der Waals surface area contributed by atoms with E-state index in [0.717, 1.165) is 6.07 Å². The number of nitrogens with two attached hydrogens (primary N) is 1. The first-order valence-electron chi connectivity index (χ1n) is 9.64. The van der Waals surface area contributed by atoms with Crippen LogP contribution in [0.5, 0.6) is 0 Å². The number of aromatic nitrogens is 1. The van der Waals surface area contributed by atoms with Crippen molar-refractivity contribution in [1.29, 1.82) is 5.26 Å². The molecule has 1 fully saturated rings. The van der Waals surface area contributed by atoms with Gasteiger partial charge in [0.1, 0.15) is 23.1 Å². The van der Waals surface area contributed by atoms with E-state index >= 15 is 0 Å². The number of amides is 1. The maximum absolute atomic E-state index is 14.9. The number of nitrogens with zero attached hydrogens (tertiary/aromatic N) is 3. The maximum atomic E-state index is 14.9. The topological polar surface area (TPSA) is 113 Å². The molecule has 0 saturated carbocycles. The number of halogens is 4. The molecule has 2 aliphatic heterocycles. The van der Waals surface area contributed by atoms with Crippen LogP contribution in [0, 0.1) is 23.1 Å². The fourth-order valence-electron chi connectivity index (χ4n) is 4.20. The number of benzene rings is 1. The van der Waals surface area contributed by atoms with E-state index in [-0.39, 0.29) is 41.2 Å². The van der Waals surface area contributed by atoms with E-state index in [0.29, 0.717) is 0 Å². The molecule has 2 aliphatic rings. The molecular formula is C21H17F4N5O2. The molecule has 1 aromatic heterocycles. The van der Waals surface area contributed by atoms with E-state index in [1.54, 1.807) is 0 Å². The Balaban J connectivity index is 1.69. The number of anilines is 1. The van der Waals surface area contributed by atoms with Crippen molar-refractivity contribution in [2.75, 3.05) is 11.9 Å². The number of carbonyl (C=O) groups is 1. The highest BCUT2D eigenvalue weighted by molar-refractivity contribution is 6.02. The van der Waals surface area contributed by atoms with Crippen LogP contribution in [0.4, 0.5) is 23.2 Å². The molecule has 3 atom stereocenters. The monoisotopic (exact) mass is 447 g/mol. The van der Waals surface area contributed by atoms with Crippen molar-refractivity contribution in [3.63, 3.8) is 0 Å². The number of hydrogen-bond acceptors (Lipinski definition) is 6. The van der Waals surface area contributed by atoms with Crippen LogP contribution in [0.2, 0.25) is 0 Å². The number of aliphatic imine (C=N–C) groups is 1. The number of hydrogen-bond donors (Lipinski definition) is 2. The molecule has 32 heavy (non-hydrogen) atoms. The predicted molar refractivity (Wildman–Crippen MR) is 105 cm³/mol. The second-order valence-corrected chi connectivity index (χ2v) is 7.64. The Morgan fingerprint density at radius 1 is 1.31 bits per heavy atom. The van der Waals surface area contributed by atoms with Crippen LogP contribution in [0.15, 0.2) is 41.5 Å². The molecule has 1 aromatic carbocycles. The van der Waals surface area contributed by atoms with Gasteiger partial charge in [0.25, 0.3) is 5.91 Å². The molecule has 1 amide bonds. The molecule has 0 radical (unpaired) electrons. The third-order valence-corrected chi connectivity index (χ3v) is 5.65. The van der Waals surface area contributed by atoms with Gasteiger partial charge in [0.2, 0.25) is 0 Å². The quantitative estimate of drug-likeness (QED) is 0.702. The van der Waals surface area contributed by atoms with Crippen LogP contribution < -0.4 is 11.1 Å². The van der Waals surface area contributed by atoms with Crippen molar-refractivity contribution < 1.29 is 27.1 Å². The summed E-state index contributed by atoms with van der Waals surface area (Å²) < 4.78 is 60.5. The highest BCUT2D eigenvalue weighted by atomic mass is 19.4. The van der Waals surface area contributed by atoms with Gasteiger partial charge in [-0.25, -0.2) is 9.37 Å². The summed E-state index contributed by atoms with van der Waals surface area (Å²) in [6.45, 7) is -0.492. The molecule has 0 spiro atoms. The summed E-state index contributed by atoms with van der Waals surface area (Å²) in [5, 5.41) is 11.4. The first-order valence-corrected chi connectivity index (χ1v) is 9.64. The second-order valence-electron chi connectivity index (χ2n) is 7.64. The van der Waals surface area contributed by atoms with Gasteiger partial charge in [0.05, 0.1) is 18.0 Å². The standard InChI is InChI=1S/C21H17F4N5O2/c22-15-4-2-12(29-19(31)16-5-1-11(8-26)9-28-16)7-14(15)20-10-32-18(21(23,24)25)13(20)3-6-17(27)30-20/h1-2,4-5,7,9,13,18H,3,6,10H2,(H2,27,30)(H,29,31)/t13-,18+,20+/m1/s1. The largest absolute Gasteiger partial charge is 0.414 e. The third kappa shape index (κ3) is 3.78. The van der Waals surface area contributed by atoms with Crippen molar-refractivity contribution in [3.8, 4) is 6.07 Å². The number of nitrogens with one attached hydrogen (secondary N) is 1. The predicted octanol–water partition coefficient (Wildman–Crippen LogP) is 3.27. The summed E-state index contributed by atoms with van der Waals surface area (Å²) in [6, 6.07) is 8.20. The zero-order chi connectivity index (χ0) is 23.1. The molecule has 2 aromatic rings. The van der Waals surface area contributed by atoms with E-state index < -0.39 is 42.1 Å².